The third kappa shape index (κ3) is 2.67. The van der Waals surface area contributed by atoms with Crippen molar-refractivity contribution in [1.82, 2.24) is 4.90 Å². The number of carboxylic acids is 1. The highest BCUT2D eigenvalue weighted by Crippen LogP contribution is 2.32. The molecule has 3 rings (SSSR count). The SMILES string of the molecule is CC1(C(=O)O)CCN(C(=O)Nc2cccc3c2CCCC3)C1. The molecule has 0 spiro atoms. The van der Waals surface area contributed by atoms with E-state index < -0.39 is 11.4 Å². The average Bonchev–Trinajstić information content (AvgIpc) is 2.92. The maximum atomic E-state index is 12.4. The Morgan fingerprint density at radius 2 is 2.05 bits per heavy atom. The molecule has 0 aromatic heterocycles. The van der Waals surface area contributed by atoms with Gasteiger partial charge in [0.05, 0.1) is 5.41 Å². The number of likely N-dealkylation sites (tertiary alicyclic amines) is 1. The van der Waals surface area contributed by atoms with E-state index in [-0.39, 0.29) is 12.6 Å². The molecule has 2 amide bonds. The standard InChI is InChI=1S/C17H22N2O3/c1-17(15(20)21)9-10-19(11-17)16(22)18-14-8-4-6-12-5-2-3-7-13(12)14/h4,6,8H,2-3,5,7,9-11H2,1H3,(H,18,22)(H,20,21). The number of carboxylic acid groups (broad SMARTS) is 1. The van der Waals surface area contributed by atoms with Crippen molar-refractivity contribution in [3.63, 3.8) is 0 Å². The zero-order chi connectivity index (χ0) is 15.7. The van der Waals surface area contributed by atoms with E-state index in [9.17, 15) is 14.7 Å². The topological polar surface area (TPSA) is 69.6 Å². The second-order valence-corrected chi connectivity index (χ2v) is 6.62. The van der Waals surface area contributed by atoms with E-state index in [4.69, 9.17) is 0 Å². The van der Waals surface area contributed by atoms with Gasteiger partial charge in [-0.1, -0.05) is 12.1 Å². The van der Waals surface area contributed by atoms with Crippen molar-refractivity contribution >= 4 is 17.7 Å². The van der Waals surface area contributed by atoms with Gasteiger partial charge in [0.15, 0.2) is 0 Å². The Hall–Kier alpha value is -2.04. The molecule has 1 aromatic carbocycles. The Morgan fingerprint density at radius 1 is 1.27 bits per heavy atom. The minimum atomic E-state index is -0.833. The molecule has 0 saturated carbocycles. The second-order valence-electron chi connectivity index (χ2n) is 6.62. The molecule has 22 heavy (non-hydrogen) atoms. The fourth-order valence-electron chi connectivity index (χ4n) is 3.40. The van der Waals surface area contributed by atoms with E-state index >= 15 is 0 Å². The summed E-state index contributed by atoms with van der Waals surface area (Å²) in [6.45, 7) is 2.46. The number of urea groups is 1. The van der Waals surface area contributed by atoms with Crippen molar-refractivity contribution in [2.45, 2.75) is 39.0 Å². The predicted molar refractivity (Wildman–Crippen MR) is 84.0 cm³/mol. The molecule has 1 aliphatic heterocycles. The van der Waals surface area contributed by atoms with E-state index in [1.807, 2.05) is 12.1 Å². The van der Waals surface area contributed by atoms with Crippen LogP contribution in [0.5, 0.6) is 0 Å². The van der Waals surface area contributed by atoms with E-state index in [2.05, 4.69) is 11.4 Å². The summed E-state index contributed by atoms with van der Waals surface area (Å²) in [5, 5.41) is 12.2. The first kappa shape index (κ1) is 14.9. The molecule has 1 unspecified atom stereocenters. The van der Waals surface area contributed by atoms with Crippen molar-refractivity contribution in [3.8, 4) is 0 Å². The number of nitrogens with one attached hydrogen (secondary N) is 1. The third-order valence-electron chi connectivity index (χ3n) is 4.91. The van der Waals surface area contributed by atoms with E-state index in [1.165, 1.54) is 17.5 Å². The minimum Gasteiger partial charge on any atom is -0.481 e. The molecule has 118 valence electrons. The molecule has 5 heteroatoms. The van der Waals surface area contributed by atoms with Gasteiger partial charge < -0.3 is 15.3 Å². The zero-order valence-electron chi connectivity index (χ0n) is 12.9. The van der Waals surface area contributed by atoms with Crippen LogP contribution in [0.2, 0.25) is 0 Å². The summed E-state index contributed by atoms with van der Waals surface area (Å²) in [5.41, 5.74) is 2.61. The summed E-state index contributed by atoms with van der Waals surface area (Å²) in [5.74, 6) is -0.833. The summed E-state index contributed by atoms with van der Waals surface area (Å²) in [4.78, 5) is 25.3. The van der Waals surface area contributed by atoms with Gasteiger partial charge in [-0.2, -0.15) is 0 Å². The Balaban J connectivity index is 1.72. The number of rotatable bonds is 2. The predicted octanol–water partition coefficient (Wildman–Crippen LogP) is 2.89. The number of benzene rings is 1. The van der Waals surface area contributed by atoms with Gasteiger partial charge in [0.1, 0.15) is 0 Å². The van der Waals surface area contributed by atoms with Crippen LogP contribution in [-0.2, 0) is 17.6 Å². The summed E-state index contributed by atoms with van der Waals surface area (Å²) >= 11 is 0. The first-order valence-corrected chi connectivity index (χ1v) is 7.90. The van der Waals surface area contributed by atoms with Crippen molar-refractivity contribution in [2.75, 3.05) is 18.4 Å². The highest BCUT2D eigenvalue weighted by atomic mass is 16.4. The van der Waals surface area contributed by atoms with Gasteiger partial charge in [0.25, 0.3) is 0 Å². The normalized spacial score (nSPS) is 24.0. The molecule has 2 N–H and O–H groups in total. The highest BCUT2D eigenvalue weighted by Gasteiger charge is 2.42. The van der Waals surface area contributed by atoms with Crippen molar-refractivity contribution in [1.29, 1.82) is 0 Å². The van der Waals surface area contributed by atoms with Crippen LogP contribution in [0, 0.1) is 5.41 Å². The molecule has 1 atom stereocenters. The molecule has 1 aliphatic carbocycles. The zero-order valence-corrected chi connectivity index (χ0v) is 12.9. The van der Waals surface area contributed by atoms with Gasteiger partial charge in [-0.3, -0.25) is 4.79 Å². The second kappa shape index (κ2) is 5.63. The molecule has 2 aliphatic rings. The fraction of sp³-hybridized carbons (Fsp3) is 0.529. The first-order valence-electron chi connectivity index (χ1n) is 7.90. The number of aryl methyl sites for hydroxylation is 1. The lowest BCUT2D eigenvalue weighted by atomic mass is 9.90. The quantitative estimate of drug-likeness (QED) is 0.882. The van der Waals surface area contributed by atoms with Crippen LogP contribution in [0.15, 0.2) is 18.2 Å². The number of nitrogens with zero attached hydrogens (tertiary/aromatic N) is 1. The molecule has 5 nitrogen and oxygen atoms in total. The molecular formula is C17H22N2O3. The van der Waals surface area contributed by atoms with Crippen LogP contribution in [0.4, 0.5) is 10.5 Å². The van der Waals surface area contributed by atoms with Crippen LogP contribution in [0.1, 0.15) is 37.3 Å². The van der Waals surface area contributed by atoms with Crippen LogP contribution >= 0.6 is 0 Å². The summed E-state index contributed by atoms with van der Waals surface area (Å²) in [6, 6.07) is 5.85. The summed E-state index contributed by atoms with van der Waals surface area (Å²) in [7, 11) is 0. The number of hydrogen-bond acceptors (Lipinski definition) is 2. The van der Waals surface area contributed by atoms with E-state index in [0.717, 1.165) is 24.9 Å². The fourth-order valence-corrected chi connectivity index (χ4v) is 3.40. The van der Waals surface area contributed by atoms with Gasteiger partial charge in [-0.15, -0.1) is 0 Å². The van der Waals surface area contributed by atoms with E-state index in [0.29, 0.717) is 13.0 Å². The van der Waals surface area contributed by atoms with Crippen molar-refractivity contribution in [3.05, 3.63) is 29.3 Å². The molecule has 1 saturated heterocycles. The number of aliphatic carboxylic acids is 1. The van der Waals surface area contributed by atoms with Crippen molar-refractivity contribution < 1.29 is 14.7 Å². The maximum Gasteiger partial charge on any atom is 0.321 e. The Morgan fingerprint density at radius 3 is 2.77 bits per heavy atom. The van der Waals surface area contributed by atoms with Gasteiger partial charge in [-0.25, -0.2) is 4.79 Å². The molecule has 1 aromatic rings. The minimum absolute atomic E-state index is 0.191. The number of carbonyl (C=O) groups is 2. The van der Waals surface area contributed by atoms with Crippen LogP contribution in [0.3, 0.4) is 0 Å². The summed E-state index contributed by atoms with van der Waals surface area (Å²) < 4.78 is 0. The monoisotopic (exact) mass is 302 g/mol. The molecule has 0 radical (unpaired) electrons. The Labute approximate surface area is 130 Å². The van der Waals surface area contributed by atoms with Gasteiger partial charge in [0.2, 0.25) is 0 Å². The highest BCUT2D eigenvalue weighted by molar-refractivity contribution is 5.91. The third-order valence-corrected chi connectivity index (χ3v) is 4.91. The van der Waals surface area contributed by atoms with Gasteiger partial charge >= 0.3 is 12.0 Å². The Kier molecular flexibility index (Phi) is 3.81. The number of fused-ring (bicyclic) bond motifs is 1. The van der Waals surface area contributed by atoms with Crippen molar-refractivity contribution in [2.24, 2.45) is 5.41 Å². The number of amides is 2. The number of hydrogen-bond donors (Lipinski definition) is 2. The molecule has 1 heterocycles. The molecule has 0 bridgehead atoms. The molecule has 1 fully saturated rings. The van der Waals surface area contributed by atoms with E-state index in [1.54, 1.807) is 11.8 Å². The molecular weight excluding hydrogens is 280 g/mol. The first-order chi connectivity index (χ1) is 10.5. The average molecular weight is 302 g/mol. The lowest BCUT2D eigenvalue weighted by Gasteiger charge is -2.23. The smallest absolute Gasteiger partial charge is 0.321 e. The number of anilines is 1. The van der Waals surface area contributed by atoms with Gasteiger partial charge in [-0.05, 0) is 56.2 Å². The Bertz CT molecular complexity index is 614. The maximum absolute atomic E-state index is 12.4. The van der Waals surface area contributed by atoms with Crippen LogP contribution < -0.4 is 5.32 Å². The lowest BCUT2D eigenvalue weighted by Crippen LogP contribution is -2.37. The van der Waals surface area contributed by atoms with Gasteiger partial charge in [0, 0.05) is 18.8 Å². The summed E-state index contributed by atoms with van der Waals surface area (Å²) in [6.07, 6.45) is 4.93. The van der Waals surface area contributed by atoms with Crippen LogP contribution in [0.25, 0.3) is 0 Å². The largest absolute Gasteiger partial charge is 0.481 e. The number of carbonyl (C=O) groups excluding carboxylic acids is 1. The lowest BCUT2D eigenvalue weighted by molar-refractivity contribution is -0.146. The van der Waals surface area contributed by atoms with Crippen LogP contribution in [-0.4, -0.2) is 35.1 Å².